The van der Waals surface area contributed by atoms with E-state index in [9.17, 15) is 10.2 Å². The molecule has 1 fully saturated rings. The van der Waals surface area contributed by atoms with Gasteiger partial charge < -0.3 is 33.9 Å². The van der Waals surface area contributed by atoms with Gasteiger partial charge in [0.05, 0.1) is 41.2 Å². The zero-order valence-electron chi connectivity index (χ0n) is 17.2. The molecule has 2 aromatic carbocycles. The number of phenols is 1. The number of hydrogen-bond acceptors (Lipinski definition) is 7. The summed E-state index contributed by atoms with van der Waals surface area (Å²) in [5.41, 5.74) is 1.88. The van der Waals surface area contributed by atoms with Crippen molar-refractivity contribution in [2.45, 2.75) is 12.5 Å². The molecule has 1 aliphatic rings. The van der Waals surface area contributed by atoms with Crippen molar-refractivity contribution < 1.29 is 33.9 Å². The van der Waals surface area contributed by atoms with Crippen molar-refractivity contribution in [3.63, 3.8) is 0 Å². The van der Waals surface area contributed by atoms with Crippen molar-refractivity contribution in [1.29, 1.82) is 0 Å². The Kier molecular flexibility index (Phi) is 6.71. The Bertz CT molecular complexity index is 811. The van der Waals surface area contributed by atoms with Crippen molar-refractivity contribution in [3.8, 4) is 28.7 Å². The van der Waals surface area contributed by atoms with Gasteiger partial charge in [0.2, 0.25) is 5.75 Å². The summed E-state index contributed by atoms with van der Waals surface area (Å²) >= 11 is 0. The smallest absolute Gasteiger partial charge is 0.203 e. The summed E-state index contributed by atoms with van der Waals surface area (Å²) in [6.07, 6.45) is 0.403. The van der Waals surface area contributed by atoms with Crippen LogP contribution in [0, 0.1) is 11.8 Å². The van der Waals surface area contributed by atoms with Gasteiger partial charge in [0, 0.05) is 12.5 Å². The standard InChI is InChI=1S/C22H28O7/c1-25-18-8-13(5-6-17(18)24)7-15-12-29-21(16(15)11-23)14-9-19(26-2)22(28-4)20(10-14)27-3/h5-6,8-10,15-16,21,23-24H,7,11-12H2,1-4H3. The third-order valence-corrected chi connectivity index (χ3v) is 5.45. The Balaban J connectivity index is 1.86. The molecule has 3 unspecified atom stereocenters. The van der Waals surface area contributed by atoms with Crippen molar-refractivity contribution in [2.24, 2.45) is 11.8 Å². The molecule has 0 aromatic heterocycles. The fourth-order valence-corrected chi connectivity index (χ4v) is 3.94. The van der Waals surface area contributed by atoms with E-state index >= 15 is 0 Å². The number of aliphatic hydroxyl groups excluding tert-OH is 1. The van der Waals surface area contributed by atoms with Crippen LogP contribution in [0.25, 0.3) is 0 Å². The average Bonchev–Trinajstić information content (AvgIpc) is 3.16. The summed E-state index contributed by atoms with van der Waals surface area (Å²) < 4.78 is 27.6. The number of aliphatic hydroxyl groups is 1. The second-order valence-corrected chi connectivity index (χ2v) is 7.03. The highest BCUT2D eigenvalue weighted by atomic mass is 16.5. The van der Waals surface area contributed by atoms with Crippen molar-refractivity contribution in [1.82, 2.24) is 0 Å². The lowest BCUT2D eigenvalue weighted by Gasteiger charge is -2.23. The number of hydrogen-bond donors (Lipinski definition) is 2. The fraction of sp³-hybridized carbons (Fsp3) is 0.455. The number of phenolic OH excluding ortho intramolecular Hbond substituents is 1. The topological polar surface area (TPSA) is 86.6 Å². The molecule has 0 bridgehead atoms. The molecular weight excluding hydrogens is 376 g/mol. The number of aromatic hydroxyl groups is 1. The minimum atomic E-state index is -0.294. The van der Waals surface area contributed by atoms with Crippen LogP contribution in [-0.2, 0) is 11.2 Å². The molecule has 7 heteroatoms. The number of benzene rings is 2. The molecule has 2 N–H and O–H groups in total. The van der Waals surface area contributed by atoms with E-state index in [4.69, 9.17) is 23.7 Å². The maximum atomic E-state index is 10.1. The van der Waals surface area contributed by atoms with Gasteiger partial charge in [0.1, 0.15) is 0 Å². The maximum absolute atomic E-state index is 10.1. The van der Waals surface area contributed by atoms with E-state index in [0.717, 1.165) is 11.1 Å². The molecule has 29 heavy (non-hydrogen) atoms. The van der Waals surface area contributed by atoms with Gasteiger partial charge in [0.25, 0.3) is 0 Å². The second-order valence-electron chi connectivity index (χ2n) is 7.03. The Hall–Kier alpha value is -2.64. The summed E-state index contributed by atoms with van der Waals surface area (Å²) in [7, 11) is 6.22. The third-order valence-electron chi connectivity index (χ3n) is 5.45. The molecular formula is C22H28O7. The molecule has 2 aromatic rings. The normalized spacial score (nSPS) is 21.1. The predicted molar refractivity (Wildman–Crippen MR) is 107 cm³/mol. The van der Waals surface area contributed by atoms with E-state index in [1.54, 1.807) is 27.4 Å². The molecule has 1 aliphatic heterocycles. The van der Waals surface area contributed by atoms with Crippen LogP contribution in [0.1, 0.15) is 17.2 Å². The van der Waals surface area contributed by atoms with E-state index in [0.29, 0.717) is 36.0 Å². The first kappa shape index (κ1) is 21.1. The first-order valence-corrected chi connectivity index (χ1v) is 9.44. The second kappa shape index (κ2) is 9.24. The van der Waals surface area contributed by atoms with Gasteiger partial charge in [-0.2, -0.15) is 0 Å². The molecule has 0 spiro atoms. The summed E-state index contributed by atoms with van der Waals surface area (Å²) in [5.74, 6) is 2.17. The zero-order valence-corrected chi connectivity index (χ0v) is 17.2. The van der Waals surface area contributed by atoms with Gasteiger partial charge >= 0.3 is 0 Å². The Morgan fingerprint density at radius 3 is 2.14 bits per heavy atom. The molecule has 7 nitrogen and oxygen atoms in total. The monoisotopic (exact) mass is 404 g/mol. The summed E-state index contributed by atoms with van der Waals surface area (Å²) in [5, 5.41) is 19.9. The van der Waals surface area contributed by atoms with Gasteiger partial charge in [-0.1, -0.05) is 6.07 Å². The fourth-order valence-electron chi connectivity index (χ4n) is 3.94. The Labute approximate surface area is 170 Å². The van der Waals surface area contributed by atoms with E-state index < -0.39 is 0 Å². The largest absolute Gasteiger partial charge is 0.504 e. The highest BCUT2D eigenvalue weighted by Gasteiger charge is 2.38. The van der Waals surface area contributed by atoms with E-state index in [2.05, 4.69) is 0 Å². The van der Waals surface area contributed by atoms with Gasteiger partial charge in [-0.05, 0) is 47.7 Å². The quantitative estimate of drug-likeness (QED) is 0.699. The SMILES string of the molecule is COc1cc(CC2COC(c3cc(OC)c(OC)c(OC)c3)C2CO)ccc1O. The van der Waals surface area contributed by atoms with Crippen molar-refractivity contribution >= 4 is 0 Å². The van der Waals surface area contributed by atoms with Gasteiger partial charge in [-0.3, -0.25) is 0 Å². The van der Waals surface area contributed by atoms with Crippen molar-refractivity contribution in [3.05, 3.63) is 41.5 Å². The zero-order chi connectivity index (χ0) is 21.0. The number of ether oxygens (including phenoxy) is 5. The molecule has 0 radical (unpaired) electrons. The molecule has 1 saturated heterocycles. The van der Waals surface area contributed by atoms with Crippen molar-refractivity contribution in [2.75, 3.05) is 41.7 Å². The molecule has 3 rings (SSSR count). The van der Waals surface area contributed by atoms with E-state index in [1.165, 1.54) is 7.11 Å². The van der Waals surface area contributed by atoms with Crippen LogP contribution in [0.2, 0.25) is 0 Å². The van der Waals surface area contributed by atoms with Gasteiger partial charge in [-0.15, -0.1) is 0 Å². The highest BCUT2D eigenvalue weighted by molar-refractivity contribution is 5.54. The number of methoxy groups -OCH3 is 4. The van der Waals surface area contributed by atoms with Gasteiger partial charge in [-0.25, -0.2) is 0 Å². The third kappa shape index (κ3) is 4.21. The minimum absolute atomic E-state index is 0.0127. The first-order chi connectivity index (χ1) is 14.1. The Morgan fingerprint density at radius 2 is 1.59 bits per heavy atom. The summed E-state index contributed by atoms with van der Waals surface area (Å²) in [6, 6.07) is 9.02. The predicted octanol–water partition coefficient (Wildman–Crippen LogP) is 2.97. The Morgan fingerprint density at radius 1 is 0.931 bits per heavy atom. The lowest BCUT2D eigenvalue weighted by atomic mass is 9.84. The maximum Gasteiger partial charge on any atom is 0.203 e. The summed E-state index contributed by atoms with van der Waals surface area (Å²) in [4.78, 5) is 0. The first-order valence-electron chi connectivity index (χ1n) is 9.44. The van der Waals surface area contributed by atoms with Crippen LogP contribution in [0.4, 0.5) is 0 Å². The molecule has 0 aliphatic carbocycles. The molecule has 0 amide bonds. The van der Waals surface area contributed by atoms with Crippen LogP contribution in [0.15, 0.2) is 30.3 Å². The van der Waals surface area contributed by atoms with Gasteiger partial charge in [0.15, 0.2) is 23.0 Å². The molecule has 158 valence electrons. The van der Waals surface area contributed by atoms with Crippen LogP contribution < -0.4 is 18.9 Å². The van der Waals surface area contributed by atoms with Crippen LogP contribution >= 0.6 is 0 Å². The van der Waals surface area contributed by atoms with E-state index in [1.807, 2.05) is 24.3 Å². The lowest BCUT2D eigenvalue weighted by Crippen LogP contribution is -2.21. The summed E-state index contributed by atoms with van der Waals surface area (Å²) in [6.45, 7) is 0.497. The molecule has 3 atom stereocenters. The number of rotatable bonds is 8. The van der Waals surface area contributed by atoms with Crippen LogP contribution in [0.5, 0.6) is 28.7 Å². The molecule has 1 heterocycles. The van der Waals surface area contributed by atoms with Crippen LogP contribution in [0.3, 0.4) is 0 Å². The molecule has 0 saturated carbocycles. The van der Waals surface area contributed by atoms with Crippen LogP contribution in [-0.4, -0.2) is 51.9 Å². The average molecular weight is 404 g/mol. The highest BCUT2D eigenvalue weighted by Crippen LogP contribution is 2.45. The minimum Gasteiger partial charge on any atom is -0.504 e. The lowest BCUT2D eigenvalue weighted by molar-refractivity contribution is 0.0715. The van der Waals surface area contributed by atoms with E-state index in [-0.39, 0.29) is 30.3 Å².